The molecule has 2 heterocycles. The Hall–Kier alpha value is -3.43. The maximum absolute atomic E-state index is 14.4. The average Bonchev–Trinajstić information content (AvgIpc) is 2.75. The van der Waals surface area contributed by atoms with Crippen LogP contribution in [0.25, 0.3) is 0 Å². The fourth-order valence-corrected chi connectivity index (χ4v) is 3.69. The Morgan fingerprint density at radius 2 is 1.91 bits per heavy atom. The van der Waals surface area contributed by atoms with Gasteiger partial charge in [0, 0.05) is 32.2 Å². The Kier molecular flexibility index (Phi) is 7.90. The van der Waals surface area contributed by atoms with Gasteiger partial charge in [-0.1, -0.05) is 5.92 Å². The highest BCUT2D eigenvalue weighted by Gasteiger charge is 2.26. The van der Waals surface area contributed by atoms with Gasteiger partial charge in [-0.2, -0.15) is 0 Å². The van der Waals surface area contributed by atoms with E-state index in [0.29, 0.717) is 25.9 Å². The van der Waals surface area contributed by atoms with Crippen molar-refractivity contribution in [2.45, 2.75) is 43.8 Å². The fourth-order valence-electron chi connectivity index (χ4n) is 3.06. The molecule has 0 aliphatic carbocycles. The van der Waals surface area contributed by atoms with Gasteiger partial charge in [-0.05, 0) is 32.0 Å². The number of carbonyl (C=O) groups is 1. The molecule has 1 aliphatic rings. The third kappa shape index (κ3) is 6.55. The van der Waals surface area contributed by atoms with Gasteiger partial charge in [0.1, 0.15) is 18.0 Å². The lowest BCUT2D eigenvalue weighted by atomic mass is 10.1. The van der Waals surface area contributed by atoms with Crippen LogP contribution in [0.1, 0.15) is 32.3 Å². The topological polar surface area (TPSA) is 117 Å². The molecule has 1 fully saturated rings. The van der Waals surface area contributed by atoms with E-state index in [4.69, 9.17) is 25.5 Å². The lowest BCUT2D eigenvalue weighted by Crippen LogP contribution is -2.40. The Bertz CT molecular complexity index is 1190. The third-order valence-corrected chi connectivity index (χ3v) is 5.79. The summed E-state index contributed by atoms with van der Waals surface area (Å²) >= 11 is 0. The number of carbonyl (C=O) groups excluding carboxylic acids is 1. The molecule has 0 saturated carbocycles. The van der Waals surface area contributed by atoms with E-state index in [0.717, 1.165) is 18.6 Å². The molecule has 0 atom stereocenters. The first-order valence-corrected chi connectivity index (χ1v) is 12.2. The predicted molar refractivity (Wildman–Crippen MR) is 117 cm³/mol. The smallest absolute Gasteiger partial charge is 0.473 e. The Morgan fingerprint density at radius 1 is 1.24 bits per heavy atom. The van der Waals surface area contributed by atoms with Crippen LogP contribution < -0.4 is 9.47 Å². The van der Waals surface area contributed by atoms with Crippen molar-refractivity contribution in [1.29, 1.82) is 0 Å². The molecular formula is C22H24FN3O7S. The van der Waals surface area contributed by atoms with E-state index in [1.165, 1.54) is 17.2 Å². The lowest BCUT2D eigenvalue weighted by Gasteiger charge is -2.30. The molecule has 1 aromatic heterocycles. The number of terminal acetylenes is 1. The quantitative estimate of drug-likeness (QED) is 0.421. The maximum atomic E-state index is 14.4. The van der Waals surface area contributed by atoms with Gasteiger partial charge < -0.3 is 19.0 Å². The van der Waals surface area contributed by atoms with Gasteiger partial charge in [0.05, 0.1) is 11.0 Å². The van der Waals surface area contributed by atoms with E-state index < -0.39 is 21.8 Å². The van der Waals surface area contributed by atoms with Crippen molar-refractivity contribution in [3.05, 3.63) is 35.9 Å². The van der Waals surface area contributed by atoms with E-state index in [1.54, 1.807) is 13.8 Å². The van der Waals surface area contributed by atoms with Crippen molar-refractivity contribution in [3.63, 3.8) is 0 Å². The molecule has 1 saturated heterocycles. The Morgan fingerprint density at radius 3 is 2.50 bits per heavy atom. The number of aromatic nitrogens is 2. The highest BCUT2D eigenvalue weighted by molar-refractivity contribution is 7.90. The van der Waals surface area contributed by atoms with Crippen molar-refractivity contribution in [1.82, 2.24) is 15.0 Å². The van der Waals surface area contributed by atoms with Gasteiger partial charge >= 0.3 is 6.16 Å². The van der Waals surface area contributed by atoms with Crippen molar-refractivity contribution < 1.29 is 36.7 Å². The number of piperidine rings is 1. The molecule has 0 spiro atoms. The number of hydrogen-bond donors (Lipinski definition) is 0. The minimum Gasteiger partial charge on any atom is -0.473 e. The summed E-state index contributed by atoms with van der Waals surface area (Å²) in [4.78, 5) is 24.6. The van der Waals surface area contributed by atoms with Crippen molar-refractivity contribution in [2.75, 3.05) is 19.3 Å². The van der Waals surface area contributed by atoms with Crippen LogP contribution >= 0.6 is 0 Å². The van der Waals surface area contributed by atoms with Crippen molar-refractivity contribution in [3.8, 4) is 29.9 Å². The number of benzene rings is 1. The van der Waals surface area contributed by atoms with Crippen LogP contribution in [0.5, 0.6) is 17.5 Å². The zero-order valence-electron chi connectivity index (χ0n) is 18.9. The standard InChI is InChI=1S/C22H24FN3O7S/c1-5-17-20(31-15-8-10-26(11-9-15)33-22(27)30-14(2)3)24-13-25-21(17)32-19-7-6-16(12-18(19)23)34(4,28)29/h1,6-7,12-15H,8-11H2,2-4H3. The number of ether oxygens (including phenoxy) is 3. The molecule has 1 aliphatic heterocycles. The number of hydroxylamine groups is 2. The number of hydrogen-bond acceptors (Lipinski definition) is 10. The summed E-state index contributed by atoms with van der Waals surface area (Å²) in [6.07, 6.45) is 7.44. The predicted octanol–water partition coefficient (Wildman–Crippen LogP) is 3.11. The van der Waals surface area contributed by atoms with Crippen LogP contribution in [0.4, 0.5) is 9.18 Å². The van der Waals surface area contributed by atoms with Crippen LogP contribution in [0.2, 0.25) is 0 Å². The number of sulfone groups is 1. The minimum atomic E-state index is -3.58. The van der Waals surface area contributed by atoms with Gasteiger partial charge in [0.25, 0.3) is 0 Å². The molecule has 2 aromatic rings. The minimum absolute atomic E-state index is 0.0771. The van der Waals surface area contributed by atoms with Crippen LogP contribution in [-0.2, 0) is 19.4 Å². The van der Waals surface area contributed by atoms with Gasteiger partial charge in [-0.15, -0.1) is 11.5 Å². The number of nitrogens with zero attached hydrogens (tertiary/aromatic N) is 3. The van der Waals surface area contributed by atoms with Crippen LogP contribution in [0, 0.1) is 18.2 Å². The molecule has 0 bridgehead atoms. The van der Waals surface area contributed by atoms with E-state index in [2.05, 4.69) is 15.9 Å². The molecule has 12 heteroatoms. The summed E-state index contributed by atoms with van der Waals surface area (Å²) in [5.74, 6) is 1.21. The van der Waals surface area contributed by atoms with E-state index >= 15 is 0 Å². The van der Waals surface area contributed by atoms with Gasteiger partial charge in [-0.3, -0.25) is 0 Å². The first-order chi connectivity index (χ1) is 16.1. The zero-order valence-corrected chi connectivity index (χ0v) is 19.7. The van der Waals surface area contributed by atoms with Crippen molar-refractivity contribution >= 4 is 16.0 Å². The molecule has 3 rings (SSSR count). The Labute approximate surface area is 196 Å². The second-order valence-electron chi connectivity index (χ2n) is 7.72. The third-order valence-electron chi connectivity index (χ3n) is 4.67. The van der Waals surface area contributed by atoms with Crippen molar-refractivity contribution in [2.24, 2.45) is 0 Å². The SMILES string of the molecule is C#Cc1c(Oc2ccc(S(C)(=O)=O)cc2F)ncnc1OC1CCN(OC(=O)OC(C)C)CC1. The average molecular weight is 494 g/mol. The van der Waals surface area contributed by atoms with Crippen LogP contribution in [0.3, 0.4) is 0 Å². The molecule has 0 amide bonds. The molecule has 34 heavy (non-hydrogen) atoms. The zero-order chi connectivity index (χ0) is 24.9. The summed E-state index contributed by atoms with van der Waals surface area (Å²) in [5, 5.41) is 1.49. The van der Waals surface area contributed by atoms with E-state index in [-0.39, 0.29) is 40.2 Å². The summed E-state index contributed by atoms with van der Waals surface area (Å²) in [6.45, 7) is 4.28. The lowest BCUT2D eigenvalue weighted by molar-refractivity contribution is -0.151. The summed E-state index contributed by atoms with van der Waals surface area (Å²) in [7, 11) is -3.58. The van der Waals surface area contributed by atoms with E-state index in [9.17, 15) is 17.6 Å². The molecule has 10 nitrogen and oxygen atoms in total. The Balaban J connectivity index is 1.67. The molecule has 1 aromatic carbocycles. The molecule has 0 N–H and O–H groups in total. The molecule has 182 valence electrons. The first-order valence-electron chi connectivity index (χ1n) is 10.4. The van der Waals surface area contributed by atoms with Gasteiger partial charge in [-0.25, -0.2) is 27.6 Å². The number of halogens is 1. The first kappa shape index (κ1) is 25.2. The normalized spacial score (nSPS) is 14.9. The second-order valence-corrected chi connectivity index (χ2v) is 9.74. The highest BCUT2D eigenvalue weighted by atomic mass is 32.2. The molecular weight excluding hydrogens is 469 g/mol. The van der Waals surface area contributed by atoms with Crippen LogP contribution in [0.15, 0.2) is 29.4 Å². The monoisotopic (exact) mass is 493 g/mol. The summed E-state index contributed by atoms with van der Waals surface area (Å²) < 4.78 is 54.0. The molecule has 0 unspecified atom stereocenters. The number of rotatable bonds is 7. The summed E-state index contributed by atoms with van der Waals surface area (Å²) in [6, 6.07) is 3.25. The van der Waals surface area contributed by atoms with E-state index in [1.807, 2.05) is 0 Å². The van der Waals surface area contributed by atoms with Gasteiger partial charge in [0.15, 0.2) is 21.4 Å². The highest BCUT2D eigenvalue weighted by Crippen LogP contribution is 2.31. The fraction of sp³-hybridized carbons (Fsp3) is 0.409. The summed E-state index contributed by atoms with van der Waals surface area (Å²) in [5.41, 5.74) is 0.0771. The maximum Gasteiger partial charge on any atom is 0.528 e. The largest absolute Gasteiger partial charge is 0.528 e. The second kappa shape index (κ2) is 10.7. The molecule has 0 radical (unpaired) electrons. The van der Waals surface area contributed by atoms with Gasteiger partial charge in [0.2, 0.25) is 11.8 Å². The van der Waals surface area contributed by atoms with Crippen LogP contribution in [-0.4, -0.2) is 61.2 Å².